The zero-order valence-corrected chi connectivity index (χ0v) is 6.28. The fraction of sp³-hybridized carbons (Fsp3) is 0.667. The molecule has 1 aliphatic rings. The van der Waals surface area contributed by atoms with Crippen molar-refractivity contribution in [3.05, 3.63) is 18.1 Å². The normalized spacial score (nSPS) is 29.0. The van der Waals surface area contributed by atoms with Crippen molar-refractivity contribution >= 4 is 0 Å². The Bertz CT molecular complexity index is 131. The maximum absolute atomic E-state index is 5.75. The van der Waals surface area contributed by atoms with Gasteiger partial charge in [-0.2, -0.15) is 0 Å². The van der Waals surface area contributed by atoms with Gasteiger partial charge in [-0.25, -0.2) is 0 Å². The fourth-order valence-electron chi connectivity index (χ4n) is 1.28. The predicted octanol–water partition coefficient (Wildman–Crippen LogP) is 2.83. The van der Waals surface area contributed by atoms with E-state index in [1.54, 1.807) is 5.57 Å². The van der Waals surface area contributed by atoms with E-state index in [0.29, 0.717) is 5.92 Å². The molecule has 0 aromatic rings. The summed E-state index contributed by atoms with van der Waals surface area (Å²) in [6.45, 7) is 10.2. The average molecular weight is 122 g/mol. The second-order valence-electron chi connectivity index (χ2n) is 3.06. The Morgan fingerprint density at radius 2 is 2.00 bits per heavy atom. The Morgan fingerprint density at radius 3 is 2.44 bits per heavy atom. The lowest BCUT2D eigenvalue weighted by Gasteiger charge is -2.19. The monoisotopic (exact) mass is 122 g/mol. The highest BCUT2D eigenvalue weighted by Crippen LogP contribution is 2.27. The van der Waals surface area contributed by atoms with Crippen LogP contribution >= 0.6 is 0 Å². The summed E-state index contributed by atoms with van der Waals surface area (Å²) in [7, 11) is 0. The van der Waals surface area contributed by atoms with Crippen molar-refractivity contribution in [2.75, 3.05) is 0 Å². The third-order valence-electron chi connectivity index (χ3n) is 2.19. The van der Waals surface area contributed by atoms with Crippen molar-refractivity contribution in [1.82, 2.24) is 0 Å². The van der Waals surface area contributed by atoms with Gasteiger partial charge in [0.25, 0.3) is 0 Å². The minimum absolute atomic E-state index is 0.439. The molecule has 0 aliphatic heterocycles. The first-order valence-electron chi connectivity index (χ1n) is 3.61. The average Bonchev–Trinajstić information content (AvgIpc) is 1.80. The first-order chi connectivity index (χ1) is 4.20. The minimum Gasteiger partial charge on any atom is -0.0744 e. The van der Waals surface area contributed by atoms with Gasteiger partial charge in [0.1, 0.15) is 0 Å². The van der Waals surface area contributed by atoms with Crippen LogP contribution in [-0.2, 0) is 0 Å². The second-order valence-corrected chi connectivity index (χ2v) is 3.06. The van der Waals surface area contributed by atoms with E-state index < -0.39 is 0 Å². The first kappa shape index (κ1) is 6.85. The van der Waals surface area contributed by atoms with Crippen LogP contribution in [-0.4, -0.2) is 0 Å². The van der Waals surface area contributed by atoms with Crippen LogP contribution in [0.5, 0.6) is 0 Å². The molecule has 0 aromatic carbocycles. The van der Waals surface area contributed by atoms with E-state index in [2.05, 4.69) is 13.8 Å². The Morgan fingerprint density at radius 1 is 1.33 bits per heavy atom. The number of hydrogen-bond donors (Lipinski definition) is 0. The van der Waals surface area contributed by atoms with Crippen molar-refractivity contribution < 1.29 is 0 Å². The maximum Gasteiger partial charge on any atom is -0.0289 e. The topological polar surface area (TPSA) is 0 Å². The van der Waals surface area contributed by atoms with Crippen LogP contribution < -0.4 is 0 Å². The van der Waals surface area contributed by atoms with Gasteiger partial charge < -0.3 is 0 Å². The molecule has 1 rings (SSSR count). The van der Waals surface area contributed by atoms with Crippen molar-refractivity contribution in [3.8, 4) is 0 Å². The first-order valence-corrected chi connectivity index (χ1v) is 3.61. The molecule has 0 saturated carbocycles. The molecule has 9 heavy (non-hydrogen) atoms. The highest BCUT2D eigenvalue weighted by Gasteiger charge is 2.11. The van der Waals surface area contributed by atoms with Crippen LogP contribution in [0.4, 0.5) is 0 Å². The van der Waals surface area contributed by atoms with Crippen LogP contribution in [0.3, 0.4) is 0 Å². The molecule has 0 heteroatoms. The summed E-state index contributed by atoms with van der Waals surface area (Å²) >= 11 is 0. The highest BCUT2D eigenvalue weighted by molar-refractivity contribution is 5.13. The summed E-state index contributed by atoms with van der Waals surface area (Å²) in [6, 6.07) is 0. The van der Waals surface area contributed by atoms with Gasteiger partial charge in [-0.3, -0.25) is 0 Å². The maximum atomic E-state index is 5.75. The second kappa shape index (κ2) is 2.55. The number of allylic oxidation sites excluding steroid dienone is 2. The Balaban J connectivity index is 2.61. The standard InChI is InChI=1S/C9H14/c1-7-4-5-8(2)9(3)6-7/h1,7H,4-6H2,2-3H3. The van der Waals surface area contributed by atoms with E-state index in [-0.39, 0.29) is 0 Å². The van der Waals surface area contributed by atoms with E-state index in [1.807, 2.05) is 0 Å². The van der Waals surface area contributed by atoms with Gasteiger partial charge in [-0.15, -0.1) is 0 Å². The van der Waals surface area contributed by atoms with Crippen molar-refractivity contribution in [2.24, 2.45) is 5.92 Å². The number of hydrogen-bond acceptors (Lipinski definition) is 0. The van der Waals surface area contributed by atoms with Gasteiger partial charge in [0.2, 0.25) is 0 Å². The largest absolute Gasteiger partial charge is 0.0744 e. The van der Waals surface area contributed by atoms with Gasteiger partial charge in [0.05, 0.1) is 0 Å². The van der Waals surface area contributed by atoms with Crippen LogP contribution in [0.15, 0.2) is 11.1 Å². The summed E-state index contributed by atoms with van der Waals surface area (Å²) in [5.74, 6) is 0.439. The SMILES string of the molecule is [CH]C1CCC(C)=C(C)C1. The van der Waals surface area contributed by atoms with Crippen molar-refractivity contribution in [3.63, 3.8) is 0 Å². The lowest BCUT2D eigenvalue weighted by Crippen LogP contribution is -2.03. The van der Waals surface area contributed by atoms with Crippen LogP contribution in [0.1, 0.15) is 33.1 Å². The fourth-order valence-corrected chi connectivity index (χ4v) is 1.28. The summed E-state index contributed by atoms with van der Waals surface area (Å²) in [6.07, 6.45) is 3.52. The Kier molecular flexibility index (Phi) is 1.94. The van der Waals surface area contributed by atoms with E-state index in [4.69, 9.17) is 6.92 Å². The zero-order valence-electron chi connectivity index (χ0n) is 6.28. The van der Waals surface area contributed by atoms with Gasteiger partial charge in [0.15, 0.2) is 0 Å². The van der Waals surface area contributed by atoms with E-state index in [0.717, 1.165) is 6.42 Å². The predicted molar refractivity (Wildman–Crippen MR) is 40.0 cm³/mol. The Labute approximate surface area is 58.0 Å². The molecule has 0 spiro atoms. The molecule has 1 aliphatic carbocycles. The summed E-state index contributed by atoms with van der Waals surface area (Å²) in [5.41, 5.74) is 3.06. The molecular weight excluding hydrogens is 108 g/mol. The van der Waals surface area contributed by atoms with E-state index >= 15 is 0 Å². The van der Waals surface area contributed by atoms with Crippen LogP contribution in [0.2, 0.25) is 0 Å². The molecule has 0 N–H and O–H groups in total. The van der Waals surface area contributed by atoms with Crippen LogP contribution in [0.25, 0.3) is 0 Å². The summed E-state index contributed by atoms with van der Waals surface area (Å²) in [5, 5.41) is 0. The lowest BCUT2D eigenvalue weighted by molar-refractivity contribution is 0.543. The summed E-state index contributed by atoms with van der Waals surface area (Å²) in [4.78, 5) is 0. The smallest absolute Gasteiger partial charge is 0.0289 e. The molecule has 0 fully saturated rings. The molecule has 0 nitrogen and oxygen atoms in total. The van der Waals surface area contributed by atoms with E-state index in [1.165, 1.54) is 18.4 Å². The molecule has 0 bridgehead atoms. The molecule has 0 amide bonds. The number of rotatable bonds is 0. The Hall–Kier alpha value is -0.260. The molecule has 2 radical (unpaired) electrons. The quantitative estimate of drug-likeness (QED) is 0.433. The lowest BCUT2D eigenvalue weighted by atomic mass is 9.86. The zero-order chi connectivity index (χ0) is 6.85. The van der Waals surface area contributed by atoms with Gasteiger partial charge in [-0.05, 0) is 46.0 Å². The van der Waals surface area contributed by atoms with Crippen molar-refractivity contribution in [2.45, 2.75) is 33.1 Å². The molecule has 0 aromatic heterocycles. The third kappa shape index (κ3) is 1.57. The minimum atomic E-state index is 0.439. The molecular formula is C9H14. The summed E-state index contributed by atoms with van der Waals surface area (Å²) < 4.78 is 0. The van der Waals surface area contributed by atoms with Gasteiger partial charge >= 0.3 is 0 Å². The van der Waals surface area contributed by atoms with Gasteiger partial charge in [0, 0.05) is 0 Å². The molecule has 1 atom stereocenters. The molecule has 50 valence electrons. The van der Waals surface area contributed by atoms with Crippen molar-refractivity contribution in [1.29, 1.82) is 0 Å². The van der Waals surface area contributed by atoms with E-state index in [9.17, 15) is 0 Å². The molecule has 0 saturated heterocycles. The van der Waals surface area contributed by atoms with Gasteiger partial charge in [-0.1, -0.05) is 11.1 Å². The third-order valence-corrected chi connectivity index (χ3v) is 2.19. The molecule has 0 heterocycles. The van der Waals surface area contributed by atoms with Crippen LogP contribution in [0, 0.1) is 12.8 Å². The molecule has 1 unspecified atom stereocenters. The highest BCUT2D eigenvalue weighted by atomic mass is 14.2.